The highest BCUT2D eigenvalue weighted by molar-refractivity contribution is 5.47. The van der Waals surface area contributed by atoms with Crippen molar-refractivity contribution in [2.45, 2.75) is 50.6 Å². The highest BCUT2D eigenvalue weighted by Gasteiger charge is 2.38. The van der Waals surface area contributed by atoms with Gasteiger partial charge in [-0.25, -0.2) is 0 Å². The Balaban J connectivity index is 1.84. The molecule has 27 heavy (non-hydrogen) atoms. The molecule has 0 amide bonds. The lowest BCUT2D eigenvalue weighted by atomic mass is 9.79. The molecule has 0 spiro atoms. The van der Waals surface area contributed by atoms with E-state index in [1.165, 1.54) is 6.42 Å². The van der Waals surface area contributed by atoms with Gasteiger partial charge in [0.1, 0.15) is 5.75 Å². The van der Waals surface area contributed by atoms with Gasteiger partial charge in [-0.2, -0.15) is 0 Å². The third-order valence-electron chi connectivity index (χ3n) is 5.55. The summed E-state index contributed by atoms with van der Waals surface area (Å²) in [6.07, 6.45) is 6.08. The van der Waals surface area contributed by atoms with Crippen molar-refractivity contribution in [3.8, 4) is 5.75 Å². The predicted octanol–water partition coefficient (Wildman–Crippen LogP) is 4.94. The number of nitro groups is 1. The number of rotatable bonds is 8. The molecule has 5 nitrogen and oxygen atoms in total. The second-order valence-electron chi connectivity index (χ2n) is 7.34. The summed E-state index contributed by atoms with van der Waals surface area (Å²) in [5.74, 6) is 1.10. The van der Waals surface area contributed by atoms with Gasteiger partial charge >= 0.3 is 0 Å². The van der Waals surface area contributed by atoms with E-state index in [4.69, 9.17) is 4.74 Å². The van der Waals surface area contributed by atoms with Gasteiger partial charge < -0.3 is 10.1 Å². The average molecular weight is 368 g/mol. The van der Waals surface area contributed by atoms with Crippen LogP contribution in [0.1, 0.15) is 37.7 Å². The molecule has 0 saturated heterocycles. The van der Waals surface area contributed by atoms with Gasteiger partial charge in [0, 0.05) is 17.0 Å². The van der Waals surface area contributed by atoms with Crippen molar-refractivity contribution in [2.75, 3.05) is 12.4 Å². The molecule has 1 saturated carbocycles. The van der Waals surface area contributed by atoms with Crippen LogP contribution in [0, 0.1) is 16.0 Å². The van der Waals surface area contributed by atoms with E-state index in [1.807, 2.05) is 54.6 Å². The molecule has 144 valence electrons. The standard InChI is InChI=1S/C22H28N2O3/c1-27-20-14-12-19(13-15-20)23-22(18-10-6-3-7-11-18)21(24(25)26)16-17-8-4-2-5-9-17/h2,4-5,8-9,12-15,18,21-23H,3,6-7,10-11,16H2,1H3/t21-,22+/m0/s1. The molecule has 1 aliphatic rings. The van der Waals surface area contributed by atoms with Crippen LogP contribution < -0.4 is 10.1 Å². The normalized spacial score (nSPS) is 17.1. The smallest absolute Gasteiger partial charge is 0.237 e. The van der Waals surface area contributed by atoms with E-state index in [0.29, 0.717) is 12.3 Å². The zero-order valence-corrected chi connectivity index (χ0v) is 15.8. The Bertz CT molecular complexity index is 712. The third-order valence-corrected chi connectivity index (χ3v) is 5.55. The molecular weight excluding hydrogens is 340 g/mol. The topological polar surface area (TPSA) is 64.4 Å². The number of nitrogens with zero attached hydrogens (tertiary/aromatic N) is 1. The zero-order valence-electron chi connectivity index (χ0n) is 15.8. The minimum atomic E-state index is -0.655. The van der Waals surface area contributed by atoms with Crippen molar-refractivity contribution in [3.63, 3.8) is 0 Å². The minimum absolute atomic E-state index is 0.0944. The fraction of sp³-hybridized carbons (Fsp3) is 0.455. The molecule has 0 aliphatic heterocycles. The maximum absolute atomic E-state index is 12.0. The van der Waals surface area contributed by atoms with E-state index in [1.54, 1.807) is 7.11 Å². The van der Waals surface area contributed by atoms with Crippen molar-refractivity contribution in [2.24, 2.45) is 5.92 Å². The predicted molar refractivity (Wildman–Crippen MR) is 108 cm³/mol. The summed E-state index contributed by atoms with van der Waals surface area (Å²) < 4.78 is 5.22. The lowest BCUT2D eigenvalue weighted by Crippen LogP contribution is -2.46. The molecule has 1 fully saturated rings. The first-order valence-corrected chi connectivity index (χ1v) is 9.75. The number of methoxy groups -OCH3 is 1. The minimum Gasteiger partial charge on any atom is -0.497 e. The number of nitrogens with one attached hydrogen (secondary N) is 1. The lowest BCUT2D eigenvalue weighted by Gasteiger charge is -2.33. The van der Waals surface area contributed by atoms with Crippen LogP contribution in [-0.2, 0) is 6.42 Å². The maximum atomic E-state index is 12.0. The van der Waals surface area contributed by atoms with Crippen molar-refractivity contribution in [3.05, 3.63) is 70.3 Å². The van der Waals surface area contributed by atoms with E-state index in [2.05, 4.69) is 5.32 Å². The molecule has 3 rings (SSSR count). The summed E-state index contributed by atoms with van der Waals surface area (Å²) in [5.41, 5.74) is 1.92. The van der Waals surface area contributed by atoms with E-state index >= 15 is 0 Å². The summed E-state index contributed by atoms with van der Waals surface area (Å²) in [5, 5.41) is 15.5. The first-order chi connectivity index (χ1) is 13.2. The van der Waals surface area contributed by atoms with Crippen molar-refractivity contribution in [1.82, 2.24) is 0 Å². The van der Waals surface area contributed by atoms with Crippen LogP contribution in [0.25, 0.3) is 0 Å². The molecule has 2 aromatic rings. The molecule has 2 aromatic carbocycles. The Labute approximate surface area is 160 Å². The summed E-state index contributed by atoms with van der Waals surface area (Å²) >= 11 is 0. The van der Waals surface area contributed by atoms with Gasteiger partial charge in [0.2, 0.25) is 6.04 Å². The average Bonchev–Trinajstić information content (AvgIpc) is 2.72. The number of anilines is 1. The summed E-state index contributed by atoms with van der Waals surface area (Å²) in [7, 11) is 1.63. The molecule has 1 aliphatic carbocycles. The van der Waals surface area contributed by atoms with Crippen molar-refractivity contribution >= 4 is 5.69 Å². The zero-order chi connectivity index (χ0) is 19.1. The van der Waals surface area contributed by atoms with Crippen molar-refractivity contribution in [1.29, 1.82) is 0 Å². The fourth-order valence-corrected chi connectivity index (χ4v) is 4.09. The van der Waals surface area contributed by atoms with Gasteiger partial charge in [-0.3, -0.25) is 10.1 Å². The Morgan fingerprint density at radius 2 is 1.74 bits per heavy atom. The first kappa shape index (κ1) is 19.2. The summed E-state index contributed by atoms with van der Waals surface area (Å²) in [6, 6.07) is 16.6. The Hall–Kier alpha value is -2.56. The molecular formula is C22H28N2O3. The second kappa shape index (κ2) is 9.40. The fourth-order valence-electron chi connectivity index (χ4n) is 4.09. The molecule has 5 heteroatoms. The van der Waals surface area contributed by atoms with Gasteiger partial charge in [0.25, 0.3) is 0 Å². The van der Waals surface area contributed by atoms with Gasteiger partial charge in [-0.1, -0.05) is 49.6 Å². The van der Waals surface area contributed by atoms with Gasteiger partial charge in [0.15, 0.2) is 0 Å². The van der Waals surface area contributed by atoms with E-state index in [0.717, 1.165) is 42.7 Å². The molecule has 0 heterocycles. The SMILES string of the molecule is COc1ccc(N[C@H](C2CCCCC2)[C@H](Cc2ccccc2)[N+](=O)[O-])cc1. The van der Waals surface area contributed by atoms with Gasteiger partial charge in [-0.05, 0) is 48.6 Å². The third kappa shape index (κ3) is 5.22. The Kier molecular flexibility index (Phi) is 6.69. The molecule has 0 aromatic heterocycles. The monoisotopic (exact) mass is 368 g/mol. The van der Waals surface area contributed by atoms with Crippen LogP contribution in [0.3, 0.4) is 0 Å². The van der Waals surface area contributed by atoms with Crippen LogP contribution >= 0.6 is 0 Å². The van der Waals surface area contributed by atoms with Crippen molar-refractivity contribution < 1.29 is 9.66 Å². The number of hydrogen-bond donors (Lipinski definition) is 1. The van der Waals surface area contributed by atoms with Crippen LogP contribution in [0.2, 0.25) is 0 Å². The summed E-state index contributed by atoms with van der Waals surface area (Å²) in [4.78, 5) is 11.9. The lowest BCUT2D eigenvalue weighted by molar-refractivity contribution is -0.526. The summed E-state index contributed by atoms with van der Waals surface area (Å²) in [6.45, 7) is 0. The van der Waals surface area contributed by atoms with Crippen LogP contribution in [-0.4, -0.2) is 24.1 Å². The van der Waals surface area contributed by atoms with Gasteiger partial charge in [-0.15, -0.1) is 0 Å². The van der Waals surface area contributed by atoms with E-state index in [-0.39, 0.29) is 11.0 Å². The molecule has 0 radical (unpaired) electrons. The molecule has 2 atom stereocenters. The molecule has 0 unspecified atom stereocenters. The Morgan fingerprint density at radius 1 is 1.07 bits per heavy atom. The Morgan fingerprint density at radius 3 is 2.33 bits per heavy atom. The maximum Gasteiger partial charge on any atom is 0.237 e. The number of hydrogen-bond acceptors (Lipinski definition) is 4. The quantitative estimate of drug-likeness (QED) is 0.529. The second-order valence-corrected chi connectivity index (χ2v) is 7.34. The van der Waals surface area contributed by atoms with Crippen LogP contribution in [0.4, 0.5) is 5.69 Å². The highest BCUT2D eigenvalue weighted by atomic mass is 16.6. The molecule has 0 bridgehead atoms. The van der Waals surface area contributed by atoms with Crippen LogP contribution in [0.5, 0.6) is 5.75 Å². The van der Waals surface area contributed by atoms with Crippen LogP contribution in [0.15, 0.2) is 54.6 Å². The number of benzene rings is 2. The van der Waals surface area contributed by atoms with Gasteiger partial charge in [0.05, 0.1) is 13.2 Å². The molecule has 1 N–H and O–H groups in total. The van der Waals surface area contributed by atoms with E-state index < -0.39 is 6.04 Å². The number of ether oxygens (including phenoxy) is 1. The van der Waals surface area contributed by atoms with E-state index in [9.17, 15) is 10.1 Å². The largest absolute Gasteiger partial charge is 0.497 e. The first-order valence-electron chi connectivity index (χ1n) is 9.75. The highest BCUT2D eigenvalue weighted by Crippen LogP contribution is 2.32.